The Labute approximate surface area is 106 Å². The van der Waals surface area contributed by atoms with Crippen LogP contribution in [0.3, 0.4) is 0 Å². The van der Waals surface area contributed by atoms with Crippen LogP contribution >= 0.6 is 0 Å². The van der Waals surface area contributed by atoms with Gasteiger partial charge in [-0.15, -0.1) is 0 Å². The lowest BCUT2D eigenvalue weighted by Gasteiger charge is -2.28. The zero-order chi connectivity index (χ0) is 12.5. The number of halogens is 1. The molecule has 18 heavy (non-hydrogen) atoms. The van der Waals surface area contributed by atoms with E-state index in [4.69, 9.17) is 0 Å². The Bertz CT molecular complexity index is 505. The monoisotopic (exact) mass is 245 g/mol. The summed E-state index contributed by atoms with van der Waals surface area (Å²) in [5.74, 6) is -0.596. The molecule has 1 heterocycles. The molecule has 2 nitrogen and oxygen atoms in total. The molecule has 0 radical (unpaired) electrons. The molecule has 1 saturated carbocycles. The maximum Gasteiger partial charge on any atom is 0.256 e. The van der Waals surface area contributed by atoms with Gasteiger partial charge < -0.3 is 4.90 Å². The highest BCUT2D eigenvalue weighted by atomic mass is 19.1. The van der Waals surface area contributed by atoms with Crippen molar-refractivity contribution in [1.82, 2.24) is 4.90 Å². The maximum atomic E-state index is 13.6. The highest BCUT2D eigenvalue weighted by molar-refractivity contribution is 5.94. The molecule has 0 aromatic heterocycles. The Morgan fingerprint density at radius 1 is 1.00 bits per heavy atom. The van der Waals surface area contributed by atoms with E-state index in [0.717, 1.165) is 25.9 Å². The molecule has 3 rings (SSSR count). The van der Waals surface area contributed by atoms with Gasteiger partial charge in [0, 0.05) is 13.1 Å². The smallest absolute Gasteiger partial charge is 0.256 e. The molecule has 0 bridgehead atoms. The third kappa shape index (κ3) is 2.17. The summed E-state index contributed by atoms with van der Waals surface area (Å²) in [6.07, 6.45) is 4.43. The largest absolute Gasteiger partial charge is 0.338 e. The van der Waals surface area contributed by atoms with Crippen LogP contribution in [0.1, 0.15) is 36.0 Å². The first-order valence-corrected chi connectivity index (χ1v) is 6.49. The molecule has 1 saturated heterocycles. The molecule has 1 aliphatic heterocycles. The number of rotatable bonds is 1. The molecule has 1 amide bonds. The van der Waals surface area contributed by atoms with Gasteiger partial charge in [-0.1, -0.05) is 23.3 Å². The van der Waals surface area contributed by atoms with E-state index in [2.05, 4.69) is 0 Å². The first-order valence-electron chi connectivity index (χ1n) is 6.49. The van der Waals surface area contributed by atoms with Crippen molar-refractivity contribution in [2.75, 3.05) is 13.1 Å². The fourth-order valence-corrected chi connectivity index (χ4v) is 2.55. The molecule has 94 valence electrons. The Hall–Kier alpha value is -1.64. The first-order chi connectivity index (χ1) is 8.75. The average molecular weight is 245 g/mol. The average Bonchev–Trinajstić information content (AvgIpc) is 3.23. The Balaban J connectivity index is 1.71. The molecule has 2 aliphatic rings. The molecule has 2 fully saturated rings. The molecule has 0 N–H and O–H groups in total. The van der Waals surface area contributed by atoms with Crippen LogP contribution in [0.4, 0.5) is 4.39 Å². The lowest BCUT2D eigenvalue weighted by molar-refractivity contribution is 0.0738. The van der Waals surface area contributed by atoms with Gasteiger partial charge in [-0.25, -0.2) is 4.39 Å². The second kappa shape index (κ2) is 4.56. The summed E-state index contributed by atoms with van der Waals surface area (Å²) in [5, 5.41) is 0. The van der Waals surface area contributed by atoms with Crippen molar-refractivity contribution >= 4 is 5.91 Å². The van der Waals surface area contributed by atoms with E-state index in [-0.39, 0.29) is 11.5 Å². The van der Waals surface area contributed by atoms with Crippen LogP contribution in [0, 0.1) is 5.82 Å². The fraction of sp³-hybridized carbons (Fsp3) is 0.400. The van der Waals surface area contributed by atoms with Crippen molar-refractivity contribution < 1.29 is 9.18 Å². The van der Waals surface area contributed by atoms with Gasteiger partial charge in [0.25, 0.3) is 5.91 Å². The molecular weight excluding hydrogens is 229 g/mol. The minimum atomic E-state index is -0.422. The molecule has 3 heteroatoms. The van der Waals surface area contributed by atoms with Gasteiger partial charge >= 0.3 is 0 Å². The van der Waals surface area contributed by atoms with Gasteiger partial charge in [-0.3, -0.25) is 4.79 Å². The third-order valence-corrected chi connectivity index (χ3v) is 3.76. The van der Waals surface area contributed by atoms with Crippen LogP contribution in [0.15, 0.2) is 35.4 Å². The van der Waals surface area contributed by atoms with E-state index in [1.807, 2.05) is 0 Å². The van der Waals surface area contributed by atoms with Crippen LogP contribution in [-0.2, 0) is 0 Å². The Kier molecular flexibility index (Phi) is 2.90. The number of carbonyl (C=O) groups is 1. The van der Waals surface area contributed by atoms with Crippen molar-refractivity contribution in [2.45, 2.75) is 25.7 Å². The number of hydrogen-bond acceptors (Lipinski definition) is 1. The van der Waals surface area contributed by atoms with E-state index in [1.165, 1.54) is 24.5 Å². The third-order valence-electron chi connectivity index (χ3n) is 3.76. The molecule has 0 atom stereocenters. The van der Waals surface area contributed by atoms with E-state index >= 15 is 0 Å². The number of amides is 1. The van der Waals surface area contributed by atoms with Crippen LogP contribution in [0.2, 0.25) is 0 Å². The van der Waals surface area contributed by atoms with Gasteiger partial charge in [0.05, 0.1) is 5.56 Å². The standard InChI is InChI=1S/C15H16FNO/c16-14-4-2-1-3-13(14)15(18)17-9-7-12(8-10-17)11-5-6-11/h1-4H,5-10H2. The zero-order valence-corrected chi connectivity index (χ0v) is 10.3. The summed E-state index contributed by atoms with van der Waals surface area (Å²) >= 11 is 0. The van der Waals surface area contributed by atoms with Gasteiger partial charge in [0.2, 0.25) is 0 Å². The van der Waals surface area contributed by atoms with Gasteiger partial charge in [-0.2, -0.15) is 0 Å². The summed E-state index contributed by atoms with van der Waals surface area (Å²) < 4.78 is 13.6. The van der Waals surface area contributed by atoms with Crippen LogP contribution in [-0.4, -0.2) is 23.9 Å². The SMILES string of the molecule is O=C(c1ccccc1F)N1CCC(=C2CC2)CC1. The minimum absolute atomic E-state index is 0.173. The molecule has 1 aliphatic carbocycles. The second-order valence-electron chi connectivity index (χ2n) is 4.98. The van der Waals surface area contributed by atoms with E-state index in [0.29, 0.717) is 0 Å². The van der Waals surface area contributed by atoms with Gasteiger partial charge in [0.1, 0.15) is 5.82 Å². The highest BCUT2D eigenvalue weighted by Gasteiger charge is 2.25. The molecule has 1 aromatic rings. The van der Waals surface area contributed by atoms with E-state index in [1.54, 1.807) is 28.7 Å². The number of nitrogens with zero attached hydrogens (tertiary/aromatic N) is 1. The number of piperidine rings is 1. The topological polar surface area (TPSA) is 20.3 Å². The van der Waals surface area contributed by atoms with Gasteiger partial charge in [-0.05, 0) is 37.8 Å². The predicted molar refractivity (Wildman–Crippen MR) is 67.8 cm³/mol. The van der Waals surface area contributed by atoms with E-state index in [9.17, 15) is 9.18 Å². The van der Waals surface area contributed by atoms with Crippen molar-refractivity contribution in [3.63, 3.8) is 0 Å². The van der Waals surface area contributed by atoms with Crippen molar-refractivity contribution in [3.05, 3.63) is 46.8 Å². The second-order valence-corrected chi connectivity index (χ2v) is 4.98. The van der Waals surface area contributed by atoms with E-state index < -0.39 is 5.82 Å². The molecule has 1 aromatic carbocycles. The minimum Gasteiger partial charge on any atom is -0.338 e. The fourth-order valence-electron chi connectivity index (χ4n) is 2.55. The maximum absolute atomic E-state index is 13.6. The summed E-state index contributed by atoms with van der Waals surface area (Å²) in [7, 11) is 0. The number of allylic oxidation sites excluding steroid dienone is 1. The molecule has 0 unspecified atom stereocenters. The number of hydrogen-bond donors (Lipinski definition) is 0. The van der Waals surface area contributed by atoms with Crippen LogP contribution in [0.25, 0.3) is 0 Å². The van der Waals surface area contributed by atoms with Gasteiger partial charge in [0.15, 0.2) is 0 Å². The summed E-state index contributed by atoms with van der Waals surface area (Å²) in [5.41, 5.74) is 3.32. The van der Waals surface area contributed by atoms with Crippen LogP contribution < -0.4 is 0 Å². The lowest BCUT2D eigenvalue weighted by atomic mass is 10.0. The number of carbonyl (C=O) groups excluding carboxylic acids is 1. The summed E-state index contributed by atoms with van der Waals surface area (Å²) in [6, 6.07) is 6.22. The molecular formula is C15H16FNO. The zero-order valence-electron chi connectivity index (χ0n) is 10.3. The van der Waals surface area contributed by atoms with Crippen molar-refractivity contribution in [1.29, 1.82) is 0 Å². The predicted octanol–water partition coefficient (Wildman–Crippen LogP) is 3.15. The van der Waals surface area contributed by atoms with Crippen LogP contribution in [0.5, 0.6) is 0 Å². The van der Waals surface area contributed by atoms with Crippen molar-refractivity contribution in [3.8, 4) is 0 Å². The lowest BCUT2D eigenvalue weighted by Crippen LogP contribution is -2.36. The Morgan fingerprint density at radius 2 is 1.61 bits per heavy atom. The van der Waals surface area contributed by atoms with Crippen molar-refractivity contribution in [2.24, 2.45) is 0 Å². The summed E-state index contributed by atoms with van der Waals surface area (Å²) in [4.78, 5) is 14.0. The Morgan fingerprint density at radius 3 is 2.22 bits per heavy atom. The summed E-state index contributed by atoms with van der Waals surface area (Å²) in [6.45, 7) is 1.46. The highest BCUT2D eigenvalue weighted by Crippen LogP contribution is 2.36. The number of benzene rings is 1. The molecule has 0 spiro atoms. The normalized spacial score (nSPS) is 19.1. The number of likely N-dealkylation sites (tertiary alicyclic amines) is 1. The first kappa shape index (κ1) is 11.5. The quantitative estimate of drug-likeness (QED) is 0.696.